The molecule has 0 spiro atoms. The summed E-state index contributed by atoms with van der Waals surface area (Å²) in [6, 6.07) is 0. The summed E-state index contributed by atoms with van der Waals surface area (Å²) in [5.41, 5.74) is 0. The minimum Gasteiger partial charge on any atom is -0.479 e. The predicted octanol–water partition coefficient (Wildman–Crippen LogP) is -0.665. The number of nitrogens with zero attached hydrogens (tertiary/aromatic N) is 1. The van der Waals surface area contributed by atoms with Crippen molar-refractivity contribution in [1.82, 2.24) is 4.90 Å². The van der Waals surface area contributed by atoms with Gasteiger partial charge in [0.1, 0.15) is 6.61 Å². The van der Waals surface area contributed by atoms with E-state index >= 15 is 0 Å². The van der Waals surface area contributed by atoms with Crippen molar-refractivity contribution in [2.24, 2.45) is 5.92 Å². The molecule has 2 unspecified atom stereocenters. The molecule has 2 aliphatic heterocycles. The molecule has 1 N–H and O–H groups in total. The van der Waals surface area contributed by atoms with Gasteiger partial charge in [-0.3, -0.25) is 4.79 Å². The number of hydrogen-bond donors (Lipinski definition) is 1. The minimum atomic E-state index is -1.01. The molecule has 0 radical (unpaired) electrons. The van der Waals surface area contributed by atoms with Crippen molar-refractivity contribution < 1.29 is 24.2 Å². The first-order valence-electron chi connectivity index (χ1n) is 5.36. The van der Waals surface area contributed by atoms with Gasteiger partial charge < -0.3 is 19.5 Å². The summed E-state index contributed by atoms with van der Waals surface area (Å²) in [6.07, 6.45) is 0.0440. The van der Waals surface area contributed by atoms with Gasteiger partial charge in [-0.25, -0.2) is 4.79 Å². The first-order valence-corrected chi connectivity index (χ1v) is 5.36. The second kappa shape index (κ2) is 4.80. The summed E-state index contributed by atoms with van der Waals surface area (Å²) in [6.45, 7) is 1.97. The van der Waals surface area contributed by atoms with Crippen LogP contribution in [0.25, 0.3) is 0 Å². The highest BCUT2D eigenvalue weighted by atomic mass is 16.5. The number of carboxylic acid groups (broad SMARTS) is 1. The molecule has 2 saturated heterocycles. The lowest BCUT2D eigenvalue weighted by Crippen LogP contribution is -2.51. The SMILES string of the molecule is O=C(O)C1CN(CC2CCOC2)C(=O)CO1. The first-order chi connectivity index (χ1) is 7.66. The van der Waals surface area contributed by atoms with Crippen LogP contribution >= 0.6 is 0 Å². The van der Waals surface area contributed by atoms with Gasteiger partial charge >= 0.3 is 5.97 Å². The van der Waals surface area contributed by atoms with Gasteiger partial charge in [0.25, 0.3) is 0 Å². The standard InChI is InChI=1S/C10H15NO5/c12-9-6-16-8(10(13)14)4-11(9)3-7-1-2-15-5-7/h7-8H,1-6H2,(H,13,14). The summed E-state index contributed by atoms with van der Waals surface area (Å²) in [7, 11) is 0. The Bertz CT molecular complexity index is 287. The number of hydrogen-bond acceptors (Lipinski definition) is 4. The van der Waals surface area contributed by atoms with Crippen LogP contribution < -0.4 is 0 Å². The van der Waals surface area contributed by atoms with E-state index in [4.69, 9.17) is 14.6 Å². The zero-order valence-corrected chi connectivity index (χ0v) is 8.92. The van der Waals surface area contributed by atoms with Crippen molar-refractivity contribution in [3.63, 3.8) is 0 Å². The number of amides is 1. The molecule has 16 heavy (non-hydrogen) atoms. The van der Waals surface area contributed by atoms with Crippen LogP contribution in [0.4, 0.5) is 0 Å². The summed E-state index contributed by atoms with van der Waals surface area (Å²) in [5.74, 6) is -0.818. The van der Waals surface area contributed by atoms with Crippen LogP contribution in [-0.4, -0.2) is 60.9 Å². The topological polar surface area (TPSA) is 76.1 Å². The van der Waals surface area contributed by atoms with Crippen LogP contribution in [0.5, 0.6) is 0 Å². The normalized spacial score (nSPS) is 30.8. The van der Waals surface area contributed by atoms with Gasteiger partial charge in [0, 0.05) is 19.1 Å². The van der Waals surface area contributed by atoms with Gasteiger partial charge in [0.05, 0.1) is 13.2 Å². The monoisotopic (exact) mass is 229 g/mol. The number of carboxylic acids is 1. The summed E-state index contributed by atoms with van der Waals surface area (Å²) >= 11 is 0. The Morgan fingerprint density at radius 1 is 1.56 bits per heavy atom. The molecule has 0 aromatic rings. The van der Waals surface area contributed by atoms with E-state index < -0.39 is 12.1 Å². The lowest BCUT2D eigenvalue weighted by molar-refractivity contribution is -0.165. The zero-order chi connectivity index (χ0) is 11.5. The Labute approximate surface area is 93.1 Å². The average Bonchev–Trinajstić information content (AvgIpc) is 2.73. The lowest BCUT2D eigenvalue weighted by Gasteiger charge is -2.32. The van der Waals surface area contributed by atoms with E-state index in [0.29, 0.717) is 19.1 Å². The van der Waals surface area contributed by atoms with Gasteiger partial charge in [-0.1, -0.05) is 0 Å². The van der Waals surface area contributed by atoms with E-state index in [1.807, 2.05) is 0 Å². The molecule has 0 aromatic heterocycles. The summed E-state index contributed by atoms with van der Waals surface area (Å²) in [4.78, 5) is 23.8. The summed E-state index contributed by atoms with van der Waals surface area (Å²) in [5, 5.41) is 8.82. The van der Waals surface area contributed by atoms with Crippen molar-refractivity contribution >= 4 is 11.9 Å². The number of ether oxygens (including phenoxy) is 2. The van der Waals surface area contributed by atoms with Gasteiger partial charge in [-0.2, -0.15) is 0 Å². The number of aliphatic carboxylic acids is 1. The molecular weight excluding hydrogens is 214 g/mol. The van der Waals surface area contributed by atoms with Gasteiger partial charge in [-0.05, 0) is 6.42 Å². The number of rotatable bonds is 3. The highest BCUT2D eigenvalue weighted by Gasteiger charge is 2.32. The Morgan fingerprint density at radius 3 is 3.00 bits per heavy atom. The molecule has 6 nitrogen and oxygen atoms in total. The highest BCUT2D eigenvalue weighted by molar-refractivity contribution is 5.81. The molecule has 2 rings (SSSR count). The Kier molecular flexibility index (Phi) is 3.40. The quantitative estimate of drug-likeness (QED) is 0.695. The van der Waals surface area contributed by atoms with Crippen molar-refractivity contribution in [2.75, 3.05) is 32.9 Å². The molecule has 0 aliphatic carbocycles. The molecule has 2 heterocycles. The largest absolute Gasteiger partial charge is 0.479 e. The molecule has 1 amide bonds. The van der Waals surface area contributed by atoms with Crippen LogP contribution in [0, 0.1) is 5.92 Å². The zero-order valence-electron chi connectivity index (χ0n) is 8.92. The van der Waals surface area contributed by atoms with Gasteiger partial charge in [-0.15, -0.1) is 0 Å². The second-order valence-electron chi connectivity index (χ2n) is 4.17. The average molecular weight is 229 g/mol. The number of morpholine rings is 1. The molecule has 2 aliphatic rings. The molecule has 2 atom stereocenters. The number of carbonyl (C=O) groups excluding carboxylic acids is 1. The van der Waals surface area contributed by atoms with Gasteiger partial charge in [0.15, 0.2) is 6.10 Å². The van der Waals surface area contributed by atoms with E-state index in [0.717, 1.165) is 13.0 Å². The highest BCUT2D eigenvalue weighted by Crippen LogP contribution is 2.16. The van der Waals surface area contributed by atoms with Crippen molar-refractivity contribution in [3.8, 4) is 0 Å². The molecule has 0 saturated carbocycles. The first kappa shape index (κ1) is 11.3. The van der Waals surface area contributed by atoms with Crippen LogP contribution in [-0.2, 0) is 19.1 Å². The molecule has 2 fully saturated rings. The van der Waals surface area contributed by atoms with Crippen molar-refractivity contribution in [2.45, 2.75) is 12.5 Å². The maximum Gasteiger partial charge on any atom is 0.334 e. The van der Waals surface area contributed by atoms with Gasteiger partial charge in [0.2, 0.25) is 5.91 Å². The summed E-state index contributed by atoms with van der Waals surface area (Å²) < 4.78 is 10.1. The van der Waals surface area contributed by atoms with E-state index in [1.54, 1.807) is 4.90 Å². The van der Waals surface area contributed by atoms with E-state index in [-0.39, 0.29) is 19.1 Å². The third-order valence-corrected chi connectivity index (χ3v) is 2.92. The molecule has 90 valence electrons. The van der Waals surface area contributed by atoms with Crippen LogP contribution in [0.2, 0.25) is 0 Å². The molecular formula is C10H15NO5. The van der Waals surface area contributed by atoms with Crippen molar-refractivity contribution in [3.05, 3.63) is 0 Å². The maximum absolute atomic E-state index is 11.5. The lowest BCUT2D eigenvalue weighted by atomic mass is 10.1. The fourth-order valence-electron chi connectivity index (χ4n) is 1.98. The third kappa shape index (κ3) is 2.51. The van der Waals surface area contributed by atoms with Crippen LogP contribution in [0.1, 0.15) is 6.42 Å². The third-order valence-electron chi connectivity index (χ3n) is 2.92. The fourth-order valence-corrected chi connectivity index (χ4v) is 1.98. The van der Waals surface area contributed by atoms with Crippen LogP contribution in [0.3, 0.4) is 0 Å². The Morgan fingerprint density at radius 2 is 2.38 bits per heavy atom. The Balaban J connectivity index is 1.90. The molecule has 6 heteroatoms. The minimum absolute atomic E-state index is 0.134. The van der Waals surface area contributed by atoms with Crippen LogP contribution in [0.15, 0.2) is 0 Å². The second-order valence-corrected chi connectivity index (χ2v) is 4.17. The molecule has 0 bridgehead atoms. The van der Waals surface area contributed by atoms with E-state index in [1.165, 1.54) is 0 Å². The van der Waals surface area contributed by atoms with E-state index in [2.05, 4.69) is 0 Å². The molecule has 0 aromatic carbocycles. The van der Waals surface area contributed by atoms with Crippen molar-refractivity contribution in [1.29, 1.82) is 0 Å². The maximum atomic E-state index is 11.5. The predicted molar refractivity (Wildman–Crippen MR) is 52.9 cm³/mol. The Hall–Kier alpha value is -1.14. The fraction of sp³-hybridized carbons (Fsp3) is 0.800. The number of carbonyl (C=O) groups is 2. The van der Waals surface area contributed by atoms with E-state index in [9.17, 15) is 9.59 Å². The smallest absolute Gasteiger partial charge is 0.334 e.